The molecule has 0 bridgehead atoms. The fourth-order valence-electron chi connectivity index (χ4n) is 5.62. The highest BCUT2D eigenvalue weighted by Crippen LogP contribution is 2.49. The maximum atomic E-state index is 14.4. The van der Waals surface area contributed by atoms with Gasteiger partial charge in [-0.15, -0.1) is 0 Å². The Morgan fingerprint density at radius 3 is 2.57 bits per heavy atom. The monoisotopic (exact) mass is 500 g/mol. The smallest absolute Gasteiger partial charge is 0.125 e. The number of hydrogen-bond acceptors (Lipinski definition) is 7. The Labute approximate surface area is 214 Å². The number of aromatic nitrogens is 2. The number of morpholine rings is 1. The van der Waals surface area contributed by atoms with Crippen molar-refractivity contribution in [2.45, 2.75) is 12.3 Å². The lowest BCUT2D eigenvalue weighted by molar-refractivity contribution is 0.122. The third-order valence-corrected chi connectivity index (χ3v) is 7.62. The third kappa shape index (κ3) is 3.92. The number of halogens is 1. The predicted octanol–water partition coefficient (Wildman–Crippen LogP) is 3.96. The molecule has 1 fully saturated rings. The summed E-state index contributed by atoms with van der Waals surface area (Å²) >= 11 is 0. The minimum atomic E-state index is -0.841. The van der Waals surface area contributed by atoms with Crippen molar-refractivity contribution < 1.29 is 19.3 Å². The van der Waals surface area contributed by atoms with E-state index in [-0.39, 0.29) is 19.0 Å². The Morgan fingerprint density at radius 1 is 1.03 bits per heavy atom. The molecule has 190 valence electrons. The van der Waals surface area contributed by atoms with Crippen LogP contribution in [0.2, 0.25) is 0 Å². The molecule has 0 atom stereocenters. The third-order valence-electron chi connectivity index (χ3n) is 7.62. The van der Waals surface area contributed by atoms with Crippen LogP contribution in [0.1, 0.15) is 11.1 Å². The second kappa shape index (κ2) is 9.37. The Morgan fingerprint density at radius 2 is 1.84 bits per heavy atom. The molecule has 7 nitrogen and oxygen atoms in total. The first kappa shape index (κ1) is 23.8. The molecule has 8 heteroatoms. The molecule has 4 aromatic rings. The molecule has 2 aliphatic heterocycles. The van der Waals surface area contributed by atoms with Crippen LogP contribution < -0.4 is 9.80 Å². The summed E-state index contributed by atoms with van der Waals surface area (Å²) in [7, 11) is 0. The van der Waals surface area contributed by atoms with Crippen LogP contribution >= 0.6 is 0 Å². The molecule has 2 aromatic carbocycles. The zero-order valence-corrected chi connectivity index (χ0v) is 20.7. The lowest BCUT2D eigenvalue weighted by Crippen LogP contribution is -2.39. The summed E-state index contributed by atoms with van der Waals surface area (Å²) in [5, 5.41) is 21.8. The van der Waals surface area contributed by atoms with Gasteiger partial charge in [0, 0.05) is 54.2 Å². The Balaban J connectivity index is 1.60. The number of hydrogen-bond donors (Lipinski definition) is 2. The molecular weight excluding hydrogens is 471 g/mol. The van der Waals surface area contributed by atoms with Gasteiger partial charge in [0.2, 0.25) is 0 Å². The number of nitrogens with zero attached hydrogens (tertiary/aromatic N) is 4. The molecule has 0 aliphatic carbocycles. The van der Waals surface area contributed by atoms with Gasteiger partial charge in [0.05, 0.1) is 54.4 Å². The lowest BCUT2D eigenvalue weighted by atomic mass is 9.84. The summed E-state index contributed by atoms with van der Waals surface area (Å²) in [6.07, 6.45) is 1.72. The van der Waals surface area contributed by atoms with E-state index in [2.05, 4.69) is 26.9 Å². The van der Waals surface area contributed by atoms with Crippen LogP contribution in [0.5, 0.6) is 0 Å². The van der Waals surface area contributed by atoms with Gasteiger partial charge < -0.3 is 24.7 Å². The second-order valence-electron chi connectivity index (χ2n) is 9.79. The van der Waals surface area contributed by atoms with Gasteiger partial charge in [-0.05, 0) is 48.9 Å². The van der Waals surface area contributed by atoms with Crippen LogP contribution in [0.25, 0.3) is 22.3 Å². The molecule has 0 amide bonds. The van der Waals surface area contributed by atoms with Crippen molar-refractivity contribution in [1.82, 2.24) is 9.97 Å². The zero-order chi connectivity index (χ0) is 25.6. The molecule has 37 heavy (non-hydrogen) atoms. The largest absolute Gasteiger partial charge is 0.395 e. The van der Waals surface area contributed by atoms with Crippen molar-refractivity contribution in [3.8, 4) is 11.4 Å². The summed E-state index contributed by atoms with van der Waals surface area (Å²) in [5.41, 5.74) is 5.69. The Hall–Kier alpha value is -3.59. The van der Waals surface area contributed by atoms with E-state index < -0.39 is 5.41 Å². The van der Waals surface area contributed by atoms with Crippen LogP contribution in [-0.4, -0.2) is 66.2 Å². The molecule has 1 saturated heterocycles. The highest BCUT2D eigenvalue weighted by atomic mass is 19.1. The maximum Gasteiger partial charge on any atom is 0.125 e. The average Bonchev–Trinajstić information content (AvgIpc) is 3.27. The van der Waals surface area contributed by atoms with E-state index in [0.29, 0.717) is 36.7 Å². The lowest BCUT2D eigenvalue weighted by Gasteiger charge is -2.30. The number of aliphatic hydroxyl groups is 2. The molecule has 0 spiro atoms. The average molecular weight is 501 g/mol. The van der Waals surface area contributed by atoms with Crippen LogP contribution in [0.15, 0.2) is 60.8 Å². The van der Waals surface area contributed by atoms with E-state index in [4.69, 9.17) is 9.72 Å². The Kier molecular flexibility index (Phi) is 6.03. The van der Waals surface area contributed by atoms with Crippen molar-refractivity contribution in [3.05, 3.63) is 77.7 Å². The van der Waals surface area contributed by atoms with E-state index in [1.165, 1.54) is 12.1 Å². The topological polar surface area (TPSA) is 82.0 Å². The number of benzene rings is 2. The van der Waals surface area contributed by atoms with Crippen molar-refractivity contribution in [2.24, 2.45) is 0 Å². The van der Waals surface area contributed by atoms with E-state index in [1.807, 2.05) is 31.2 Å². The normalized spacial score (nSPS) is 16.9. The molecule has 2 aliphatic rings. The SMILES string of the molecule is Cc1c(-c2ccccn2)nc2cc(F)ccc2c1N1CC(CO)(CO)c2ccc(N3CCOCC3)cc21. The first-order valence-electron chi connectivity index (χ1n) is 12.5. The second-order valence-corrected chi connectivity index (χ2v) is 9.79. The minimum Gasteiger partial charge on any atom is -0.395 e. The van der Waals surface area contributed by atoms with Crippen molar-refractivity contribution in [1.29, 1.82) is 0 Å². The molecule has 2 aromatic heterocycles. The molecule has 6 rings (SSSR count). The molecule has 2 N–H and O–H groups in total. The van der Waals surface area contributed by atoms with E-state index in [9.17, 15) is 14.6 Å². The summed E-state index contributed by atoms with van der Waals surface area (Å²) in [5.74, 6) is -0.363. The molecule has 0 radical (unpaired) electrons. The number of fused-ring (bicyclic) bond motifs is 2. The van der Waals surface area contributed by atoms with E-state index in [0.717, 1.165) is 46.7 Å². The van der Waals surface area contributed by atoms with Crippen LogP contribution in [0, 0.1) is 12.7 Å². The quantitative estimate of drug-likeness (QED) is 0.429. The maximum absolute atomic E-state index is 14.4. The van der Waals surface area contributed by atoms with Crippen molar-refractivity contribution in [3.63, 3.8) is 0 Å². The van der Waals surface area contributed by atoms with Crippen molar-refractivity contribution >= 4 is 28.0 Å². The van der Waals surface area contributed by atoms with Gasteiger partial charge in [0.1, 0.15) is 5.82 Å². The Bertz CT molecular complexity index is 1450. The van der Waals surface area contributed by atoms with Gasteiger partial charge in [-0.3, -0.25) is 4.98 Å². The summed E-state index contributed by atoms with van der Waals surface area (Å²) in [6, 6.07) is 16.5. The van der Waals surface area contributed by atoms with Gasteiger partial charge in [0.15, 0.2) is 0 Å². The minimum absolute atomic E-state index is 0.201. The van der Waals surface area contributed by atoms with Gasteiger partial charge in [-0.1, -0.05) is 12.1 Å². The zero-order valence-electron chi connectivity index (χ0n) is 20.7. The van der Waals surface area contributed by atoms with Gasteiger partial charge in [-0.2, -0.15) is 0 Å². The number of aliphatic hydroxyl groups excluding tert-OH is 2. The number of rotatable bonds is 5. The highest BCUT2D eigenvalue weighted by molar-refractivity contribution is 5.99. The summed E-state index contributed by atoms with van der Waals surface area (Å²) in [6.45, 7) is 4.91. The predicted molar refractivity (Wildman–Crippen MR) is 142 cm³/mol. The summed E-state index contributed by atoms with van der Waals surface area (Å²) < 4.78 is 19.9. The van der Waals surface area contributed by atoms with Crippen LogP contribution in [0.4, 0.5) is 21.5 Å². The molecule has 0 saturated carbocycles. The van der Waals surface area contributed by atoms with Crippen LogP contribution in [0.3, 0.4) is 0 Å². The molecule has 0 unspecified atom stereocenters. The fraction of sp³-hybridized carbons (Fsp3) is 0.310. The fourth-order valence-corrected chi connectivity index (χ4v) is 5.62. The van der Waals surface area contributed by atoms with Crippen LogP contribution in [-0.2, 0) is 10.2 Å². The van der Waals surface area contributed by atoms with Gasteiger partial charge in [0.25, 0.3) is 0 Å². The number of ether oxygens (including phenoxy) is 1. The summed E-state index contributed by atoms with van der Waals surface area (Å²) in [4.78, 5) is 13.8. The first-order chi connectivity index (χ1) is 18.0. The number of anilines is 3. The van der Waals surface area contributed by atoms with Gasteiger partial charge >= 0.3 is 0 Å². The molecule has 4 heterocycles. The standard InChI is InChI=1S/C29H29FN4O3/c1-19-27(24-4-2-3-9-31-24)32-25-14-20(30)5-7-22(25)28(19)34-16-29(17-35,18-36)23-8-6-21(15-26(23)34)33-10-12-37-13-11-33/h2-9,14-15,35-36H,10-13,16-18H2,1H3. The first-order valence-corrected chi connectivity index (χ1v) is 12.5. The highest BCUT2D eigenvalue weighted by Gasteiger charge is 2.44. The van der Waals surface area contributed by atoms with Gasteiger partial charge in [-0.25, -0.2) is 9.37 Å². The van der Waals surface area contributed by atoms with Crippen molar-refractivity contribution in [2.75, 3.05) is 55.9 Å². The van der Waals surface area contributed by atoms with E-state index >= 15 is 0 Å². The molecular formula is C29H29FN4O3. The van der Waals surface area contributed by atoms with E-state index in [1.54, 1.807) is 12.3 Å². The number of pyridine rings is 2.